The Hall–Kier alpha value is -3.82. The van der Waals surface area contributed by atoms with Gasteiger partial charge >= 0.3 is 6.09 Å². The number of carbonyl (C=O) groups is 1. The molecule has 1 saturated heterocycles. The first-order chi connectivity index (χ1) is 16.2. The minimum absolute atomic E-state index is 0.0590. The Kier molecular flexibility index (Phi) is 5.30. The number of benzene rings is 1. The van der Waals surface area contributed by atoms with Crippen LogP contribution in [0, 0.1) is 0 Å². The molecule has 1 atom stereocenters. The summed E-state index contributed by atoms with van der Waals surface area (Å²) in [7, 11) is 1.65. The summed E-state index contributed by atoms with van der Waals surface area (Å²) in [6, 6.07) is 7.80. The summed E-state index contributed by atoms with van der Waals surface area (Å²) >= 11 is 0. The summed E-state index contributed by atoms with van der Waals surface area (Å²) in [5.41, 5.74) is 8.85. The van der Waals surface area contributed by atoms with Crippen molar-refractivity contribution >= 4 is 33.8 Å². The van der Waals surface area contributed by atoms with Crippen molar-refractivity contribution in [2.24, 2.45) is 0 Å². The van der Waals surface area contributed by atoms with Crippen molar-refractivity contribution in [3.05, 3.63) is 30.6 Å². The maximum Gasteiger partial charge on any atom is 0.410 e. The quantitative estimate of drug-likeness (QED) is 0.468. The van der Waals surface area contributed by atoms with Crippen molar-refractivity contribution in [2.45, 2.75) is 45.3 Å². The van der Waals surface area contributed by atoms with Gasteiger partial charge in [-0.3, -0.25) is 0 Å². The predicted molar refractivity (Wildman–Crippen MR) is 130 cm³/mol. The number of nitrogens with two attached hydrogens (primary N) is 1. The van der Waals surface area contributed by atoms with E-state index in [1.54, 1.807) is 12.0 Å². The first-order valence-electron chi connectivity index (χ1n) is 11.4. The zero-order valence-corrected chi connectivity index (χ0v) is 19.8. The van der Waals surface area contributed by atoms with Gasteiger partial charge in [0.05, 0.1) is 24.2 Å². The Morgan fingerprint density at radius 3 is 2.82 bits per heavy atom. The summed E-state index contributed by atoms with van der Waals surface area (Å²) in [6.07, 6.45) is 2.84. The number of fused-ring (bicyclic) bond motifs is 2. The van der Waals surface area contributed by atoms with Gasteiger partial charge in [0.15, 0.2) is 5.65 Å². The van der Waals surface area contributed by atoms with Crippen molar-refractivity contribution in [3.8, 4) is 17.1 Å². The Balaban J connectivity index is 1.55. The number of nitrogen functional groups attached to an aromatic ring is 1. The maximum absolute atomic E-state index is 12.7. The third-order valence-electron chi connectivity index (χ3n) is 6.00. The van der Waals surface area contributed by atoms with Crippen LogP contribution in [0.3, 0.4) is 0 Å². The molecule has 1 aliphatic heterocycles. The van der Waals surface area contributed by atoms with Gasteiger partial charge in [-0.15, -0.1) is 0 Å². The number of aromatic amines is 1. The van der Waals surface area contributed by atoms with Crippen LogP contribution in [0.4, 0.5) is 10.6 Å². The third kappa shape index (κ3) is 4.00. The molecule has 4 heterocycles. The second kappa shape index (κ2) is 8.19. The van der Waals surface area contributed by atoms with Gasteiger partial charge in [-0.2, -0.15) is 5.10 Å². The van der Waals surface area contributed by atoms with Crippen LogP contribution in [0.15, 0.2) is 30.6 Å². The number of nitrogens with zero attached hydrogens (tertiary/aromatic N) is 5. The van der Waals surface area contributed by atoms with Crippen molar-refractivity contribution in [1.82, 2.24) is 29.6 Å². The van der Waals surface area contributed by atoms with Crippen molar-refractivity contribution in [2.75, 3.05) is 25.9 Å². The molecule has 0 radical (unpaired) electrons. The number of amides is 1. The molecule has 0 spiro atoms. The van der Waals surface area contributed by atoms with Gasteiger partial charge in [0.1, 0.15) is 29.2 Å². The average molecular weight is 464 g/mol. The van der Waals surface area contributed by atoms with Crippen LogP contribution in [-0.4, -0.2) is 61.5 Å². The largest absolute Gasteiger partial charge is 0.497 e. The lowest BCUT2D eigenvalue weighted by Crippen LogP contribution is -2.43. The highest BCUT2D eigenvalue weighted by Crippen LogP contribution is 2.35. The summed E-state index contributed by atoms with van der Waals surface area (Å²) in [5, 5.41) is 6.63. The normalized spacial score (nSPS) is 16.8. The van der Waals surface area contributed by atoms with E-state index in [0.29, 0.717) is 35.6 Å². The SMILES string of the molecule is COc1ccc2[nH]c(-c3nn(C4CCCN(C(=O)OC(C)(C)C)C4)c4ncnc(N)c34)cc2c1. The lowest BCUT2D eigenvalue weighted by atomic mass is 10.1. The molecule has 178 valence electrons. The van der Waals surface area contributed by atoms with Crippen LogP contribution in [0.1, 0.15) is 39.7 Å². The molecule has 3 aromatic heterocycles. The highest BCUT2D eigenvalue weighted by molar-refractivity contribution is 6.00. The zero-order chi connectivity index (χ0) is 24.0. The molecule has 0 bridgehead atoms. The summed E-state index contributed by atoms with van der Waals surface area (Å²) in [4.78, 5) is 26.6. The fourth-order valence-corrected chi connectivity index (χ4v) is 4.45. The minimum atomic E-state index is -0.546. The first-order valence-corrected chi connectivity index (χ1v) is 11.4. The Bertz CT molecular complexity index is 1370. The number of H-pyrrole nitrogens is 1. The van der Waals surface area contributed by atoms with Crippen LogP contribution < -0.4 is 10.5 Å². The average Bonchev–Trinajstić information content (AvgIpc) is 3.39. The van der Waals surface area contributed by atoms with Crippen molar-refractivity contribution < 1.29 is 14.3 Å². The topological polar surface area (TPSA) is 124 Å². The lowest BCUT2D eigenvalue weighted by molar-refractivity contribution is 0.0169. The molecule has 1 aromatic carbocycles. The number of aromatic nitrogens is 5. The van der Waals surface area contributed by atoms with E-state index in [1.165, 1.54) is 6.33 Å². The van der Waals surface area contributed by atoms with E-state index in [9.17, 15) is 4.79 Å². The van der Waals surface area contributed by atoms with Crippen LogP contribution in [-0.2, 0) is 4.74 Å². The highest BCUT2D eigenvalue weighted by Gasteiger charge is 2.31. The molecule has 3 N–H and O–H groups in total. The van der Waals surface area contributed by atoms with Gasteiger partial charge in [0.2, 0.25) is 0 Å². The second-order valence-electron chi connectivity index (χ2n) is 9.61. The number of rotatable bonds is 3. The van der Waals surface area contributed by atoms with Crippen molar-refractivity contribution in [1.29, 1.82) is 0 Å². The summed E-state index contributed by atoms with van der Waals surface area (Å²) in [6.45, 7) is 6.75. The molecule has 34 heavy (non-hydrogen) atoms. The van der Waals surface area contributed by atoms with Crippen LogP contribution >= 0.6 is 0 Å². The number of anilines is 1. The van der Waals surface area contributed by atoms with Gasteiger partial charge in [0, 0.05) is 24.0 Å². The Labute approximate surface area is 197 Å². The third-order valence-corrected chi connectivity index (χ3v) is 6.00. The molecular formula is C24H29N7O3. The van der Waals surface area contributed by atoms with E-state index in [1.807, 2.05) is 49.7 Å². The fraction of sp³-hybridized carbons (Fsp3) is 0.417. The van der Waals surface area contributed by atoms with Crippen LogP contribution in [0.5, 0.6) is 5.75 Å². The zero-order valence-electron chi connectivity index (χ0n) is 19.8. The van der Waals surface area contributed by atoms with E-state index in [4.69, 9.17) is 20.3 Å². The number of hydrogen-bond acceptors (Lipinski definition) is 7. The van der Waals surface area contributed by atoms with Gasteiger partial charge in [-0.25, -0.2) is 19.4 Å². The maximum atomic E-state index is 12.7. The predicted octanol–water partition coefficient (Wildman–Crippen LogP) is 4.14. The Morgan fingerprint density at radius 2 is 2.06 bits per heavy atom. The smallest absolute Gasteiger partial charge is 0.410 e. The number of nitrogens with one attached hydrogen (secondary N) is 1. The monoisotopic (exact) mass is 463 g/mol. The molecule has 1 aliphatic rings. The Morgan fingerprint density at radius 1 is 1.24 bits per heavy atom. The second-order valence-corrected chi connectivity index (χ2v) is 9.61. The molecule has 0 aliphatic carbocycles. The molecule has 1 amide bonds. The van der Waals surface area contributed by atoms with Gasteiger partial charge in [0.25, 0.3) is 0 Å². The summed E-state index contributed by atoms with van der Waals surface area (Å²) < 4.78 is 12.8. The number of ether oxygens (including phenoxy) is 2. The van der Waals surface area contributed by atoms with Crippen LogP contribution in [0.25, 0.3) is 33.3 Å². The van der Waals surface area contributed by atoms with E-state index in [-0.39, 0.29) is 12.1 Å². The number of likely N-dealkylation sites (tertiary alicyclic amines) is 1. The summed E-state index contributed by atoms with van der Waals surface area (Å²) in [5.74, 6) is 1.14. The molecular weight excluding hydrogens is 434 g/mol. The minimum Gasteiger partial charge on any atom is -0.497 e. The van der Waals surface area contributed by atoms with Crippen LogP contribution in [0.2, 0.25) is 0 Å². The number of hydrogen-bond donors (Lipinski definition) is 2. The number of methoxy groups -OCH3 is 1. The standard InChI is InChI=1S/C24H29N7O3/c1-24(2,3)34-23(32)30-9-5-6-15(12-30)31-22-19(21(25)26-13-27-22)20(29-31)18-11-14-10-16(33-4)7-8-17(14)28-18/h7-8,10-11,13,15,28H,5-6,9,12H2,1-4H3,(H2,25,26,27). The van der Waals surface area contributed by atoms with Gasteiger partial charge in [-0.05, 0) is 57.9 Å². The fourth-order valence-electron chi connectivity index (χ4n) is 4.45. The van der Waals surface area contributed by atoms with E-state index in [2.05, 4.69) is 15.0 Å². The molecule has 10 nitrogen and oxygen atoms in total. The first kappa shape index (κ1) is 22.0. The molecule has 1 fully saturated rings. The van der Waals surface area contributed by atoms with E-state index < -0.39 is 5.60 Å². The van der Waals surface area contributed by atoms with Crippen molar-refractivity contribution in [3.63, 3.8) is 0 Å². The lowest BCUT2D eigenvalue weighted by Gasteiger charge is -2.34. The molecule has 4 aromatic rings. The van der Waals surface area contributed by atoms with Gasteiger partial charge < -0.3 is 25.1 Å². The van der Waals surface area contributed by atoms with Gasteiger partial charge in [-0.1, -0.05) is 0 Å². The molecule has 0 saturated carbocycles. The number of carbonyl (C=O) groups excluding carboxylic acids is 1. The van der Waals surface area contributed by atoms with E-state index >= 15 is 0 Å². The molecule has 10 heteroatoms. The highest BCUT2D eigenvalue weighted by atomic mass is 16.6. The molecule has 5 rings (SSSR count). The van der Waals surface area contributed by atoms with E-state index in [0.717, 1.165) is 35.2 Å². The molecule has 1 unspecified atom stereocenters. The number of piperidine rings is 1.